The van der Waals surface area contributed by atoms with Crippen molar-refractivity contribution in [1.82, 2.24) is 0 Å². The Morgan fingerprint density at radius 2 is 1.81 bits per heavy atom. The molecule has 0 radical (unpaired) electrons. The summed E-state index contributed by atoms with van der Waals surface area (Å²) >= 11 is 0. The van der Waals surface area contributed by atoms with Crippen LogP contribution >= 0.6 is 0 Å². The Morgan fingerprint density at radius 1 is 1.15 bits per heavy atom. The first-order valence-electron chi connectivity index (χ1n) is 10.1. The zero-order chi connectivity index (χ0) is 19.4. The first kappa shape index (κ1) is 19.9. The number of esters is 1. The zero-order valence-corrected chi connectivity index (χ0v) is 17.1. The second kappa shape index (κ2) is 6.34. The van der Waals surface area contributed by atoms with Gasteiger partial charge in [0.25, 0.3) is 0 Å². The van der Waals surface area contributed by atoms with Crippen molar-refractivity contribution in [3.8, 4) is 0 Å². The lowest BCUT2D eigenvalue weighted by atomic mass is 9.43. The van der Waals surface area contributed by atoms with Gasteiger partial charge in [0.2, 0.25) is 0 Å². The smallest absolute Gasteiger partial charge is 0.302 e. The third-order valence-corrected chi connectivity index (χ3v) is 8.15. The Morgan fingerprint density at radius 3 is 2.42 bits per heavy atom. The fraction of sp³-hybridized carbons (Fsp3) is 0.864. The van der Waals surface area contributed by atoms with E-state index in [4.69, 9.17) is 9.47 Å². The molecule has 7 atom stereocenters. The van der Waals surface area contributed by atoms with Gasteiger partial charge in [-0.3, -0.25) is 4.79 Å². The van der Waals surface area contributed by atoms with Crippen LogP contribution in [0.15, 0.2) is 12.7 Å². The minimum absolute atomic E-state index is 0.0832. The Labute approximate surface area is 158 Å². The number of fused-ring (bicyclic) bond motifs is 3. The number of carbonyl (C=O) groups excluding carboxylic acids is 1. The van der Waals surface area contributed by atoms with E-state index in [0.29, 0.717) is 18.4 Å². The molecule has 0 spiro atoms. The molecule has 4 nitrogen and oxygen atoms in total. The summed E-state index contributed by atoms with van der Waals surface area (Å²) in [6.07, 6.45) is 7.20. The van der Waals surface area contributed by atoms with Crippen LogP contribution in [0.2, 0.25) is 0 Å². The van der Waals surface area contributed by atoms with Crippen LogP contribution in [0.25, 0.3) is 0 Å². The van der Waals surface area contributed by atoms with E-state index in [-0.39, 0.29) is 34.1 Å². The van der Waals surface area contributed by atoms with Gasteiger partial charge in [-0.1, -0.05) is 19.9 Å². The molecule has 0 aromatic heterocycles. The van der Waals surface area contributed by atoms with E-state index in [1.54, 1.807) is 0 Å². The Hall–Kier alpha value is -0.870. The molecule has 1 saturated heterocycles. The molecule has 1 aliphatic heterocycles. The number of hydrogen-bond donors (Lipinski definition) is 1. The van der Waals surface area contributed by atoms with Crippen molar-refractivity contribution >= 4 is 5.97 Å². The van der Waals surface area contributed by atoms with Crippen molar-refractivity contribution in [1.29, 1.82) is 0 Å². The van der Waals surface area contributed by atoms with Crippen LogP contribution in [-0.4, -0.2) is 35.0 Å². The van der Waals surface area contributed by atoms with Gasteiger partial charge < -0.3 is 14.6 Å². The van der Waals surface area contributed by atoms with Gasteiger partial charge >= 0.3 is 5.97 Å². The number of ether oxygens (including phenoxy) is 2. The van der Waals surface area contributed by atoms with Crippen molar-refractivity contribution in [3.63, 3.8) is 0 Å². The molecule has 2 saturated carbocycles. The van der Waals surface area contributed by atoms with E-state index in [0.717, 1.165) is 38.5 Å². The van der Waals surface area contributed by atoms with Gasteiger partial charge in [-0.25, -0.2) is 0 Å². The molecular weight excluding hydrogens is 328 g/mol. The van der Waals surface area contributed by atoms with E-state index >= 15 is 0 Å². The zero-order valence-electron chi connectivity index (χ0n) is 17.1. The first-order valence-corrected chi connectivity index (χ1v) is 10.1. The lowest BCUT2D eigenvalue weighted by Crippen LogP contribution is -2.67. The van der Waals surface area contributed by atoms with Crippen molar-refractivity contribution in [3.05, 3.63) is 12.7 Å². The molecule has 0 amide bonds. The highest BCUT2D eigenvalue weighted by atomic mass is 16.5. The van der Waals surface area contributed by atoms with E-state index in [1.807, 2.05) is 6.08 Å². The predicted octanol–water partition coefficient (Wildman–Crippen LogP) is 4.26. The molecule has 0 aromatic rings. The summed E-state index contributed by atoms with van der Waals surface area (Å²) in [5.74, 6) is 0.407. The van der Waals surface area contributed by atoms with Crippen molar-refractivity contribution in [2.75, 3.05) is 6.61 Å². The molecule has 2 aliphatic carbocycles. The second-order valence-electron chi connectivity index (χ2n) is 9.97. The average molecular weight is 365 g/mol. The molecule has 3 rings (SSSR count). The summed E-state index contributed by atoms with van der Waals surface area (Å²) in [7, 11) is 0. The van der Waals surface area contributed by atoms with Gasteiger partial charge in [0.05, 0.1) is 23.9 Å². The van der Waals surface area contributed by atoms with E-state index in [1.165, 1.54) is 6.92 Å². The quantitative estimate of drug-likeness (QED) is 0.601. The topological polar surface area (TPSA) is 55.8 Å². The van der Waals surface area contributed by atoms with Crippen molar-refractivity contribution < 1.29 is 19.4 Å². The molecule has 1 N–H and O–H groups in total. The Kier molecular flexibility index (Phi) is 4.85. The van der Waals surface area contributed by atoms with Gasteiger partial charge in [-0.2, -0.15) is 0 Å². The summed E-state index contributed by atoms with van der Waals surface area (Å²) in [4.78, 5) is 11.4. The molecule has 148 valence electrons. The first-order chi connectivity index (χ1) is 12.0. The normalized spacial score (nSPS) is 51.1. The minimum Gasteiger partial charge on any atom is -0.465 e. The maximum atomic E-state index is 11.4. The second-order valence-corrected chi connectivity index (χ2v) is 9.97. The van der Waals surface area contributed by atoms with Crippen LogP contribution in [0.5, 0.6) is 0 Å². The maximum absolute atomic E-state index is 11.4. The van der Waals surface area contributed by atoms with Gasteiger partial charge in [0, 0.05) is 17.8 Å². The fourth-order valence-corrected chi connectivity index (χ4v) is 6.67. The summed E-state index contributed by atoms with van der Waals surface area (Å²) in [5.41, 5.74) is -0.828. The number of aliphatic hydroxyl groups excluding tert-OH is 1. The highest BCUT2D eigenvalue weighted by Gasteiger charge is 2.65. The number of hydrogen-bond acceptors (Lipinski definition) is 4. The van der Waals surface area contributed by atoms with E-state index < -0.39 is 0 Å². The van der Waals surface area contributed by atoms with Crippen LogP contribution in [0.3, 0.4) is 0 Å². The SMILES string of the molecule is C=CC1(C)CCC2C(C)(CCC3C(C)(COC(C)=O)CCC(O)C32C)O1. The van der Waals surface area contributed by atoms with Crippen LogP contribution in [-0.2, 0) is 14.3 Å². The predicted molar refractivity (Wildman–Crippen MR) is 102 cm³/mol. The van der Waals surface area contributed by atoms with Gasteiger partial charge in [0.1, 0.15) is 0 Å². The molecule has 0 aromatic carbocycles. The number of carbonyl (C=O) groups is 1. The minimum atomic E-state index is -0.334. The van der Waals surface area contributed by atoms with Gasteiger partial charge in [0.15, 0.2) is 0 Å². The highest BCUT2D eigenvalue weighted by molar-refractivity contribution is 5.65. The largest absolute Gasteiger partial charge is 0.465 e. The average Bonchev–Trinajstić information content (AvgIpc) is 2.56. The highest BCUT2D eigenvalue weighted by Crippen LogP contribution is 2.65. The third-order valence-electron chi connectivity index (χ3n) is 8.15. The van der Waals surface area contributed by atoms with Crippen LogP contribution in [0.4, 0.5) is 0 Å². The summed E-state index contributed by atoms with van der Waals surface area (Å²) in [6.45, 7) is 14.8. The Bertz CT molecular complexity index is 589. The van der Waals surface area contributed by atoms with Crippen LogP contribution < -0.4 is 0 Å². The Balaban J connectivity index is 1.94. The van der Waals surface area contributed by atoms with E-state index in [2.05, 4.69) is 34.3 Å². The lowest BCUT2D eigenvalue weighted by Gasteiger charge is -2.66. The summed E-state index contributed by atoms with van der Waals surface area (Å²) in [5, 5.41) is 11.1. The summed E-state index contributed by atoms with van der Waals surface area (Å²) < 4.78 is 12.1. The fourth-order valence-electron chi connectivity index (χ4n) is 6.67. The molecule has 3 aliphatic rings. The molecule has 1 heterocycles. The van der Waals surface area contributed by atoms with Crippen LogP contribution in [0, 0.1) is 22.7 Å². The number of aliphatic hydroxyl groups is 1. The van der Waals surface area contributed by atoms with E-state index in [9.17, 15) is 9.90 Å². The summed E-state index contributed by atoms with van der Waals surface area (Å²) in [6, 6.07) is 0. The molecule has 26 heavy (non-hydrogen) atoms. The van der Waals surface area contributed by atoms with Crippen LogP contribution in [0.1, 0.15) is 73.1 Å². The molecule has 7 unspecified atom stereocenters. The third kappa shape index (κ3) is 2.93. The molecule has 0 bridgehead atoms. The molecular formula is C22H36O4. The maximum Gasteiger partial charge on any atom is 0.302 e. The monoisotopic (exact) mass is 364 g/mol. The van der Waals surface area contributed by atoms with Crippen molar-refractivity contribution in [2.24, 2.45) is 22.7 Å². The van der Waals surface area contributed by atoms with Crippen molar-refractivity contribution in [2.45, 2.75) is 90.4 Å². The standard InChI is InChI=1S/C22H36O4/c1-7-20(4)12-8-17-21(5,26-20)13-9-16-19(3,14-25-15(2)23)11-10-18(24)22(16,17)6/h7,16-18,24H,1,8-14H2,2-6H3. The molecule has 4 heteroatoms. The lowest BCUT2D eigenvalue weighted by molar-refractivity contribution is -0.278. The van der Waals surface area contributed by atoms with Gasteiger partial charge in [-0.05, 0) is 64.2 Å². The number of rotatable bonds is 3. The molecule has 3 fully saturated rings. The van der Waals surface area contributed by atoms with Gasteiger partial charge in [-0.15, -0.1) is 6.58 Å².